The van der Waals surface area contributed by atoms with Gasteiger partial charge in [-0.3, -0.25) is 0 Å². The first-order valence-corrected chi connectivity index (χ1v) is 17.9. The van der Waals surface area contributed by atoms with Crippen LogP contribution in [0.4, 0.5) is 11.4 Å². The van der Waals surface area contributed by atoms with Gasteiger partial charge in [-0.25, -0.2) is 0 Å². The molecule has 0 unspecified atom stereocenters. The second-order valence-corrected chi connectivity index (χ2v) is 14.6. The predicted molar refractivity (Wildman–Crippen MR) is 202 cm³/mol. The molecule has 1 aliphatic carbocycles. The Bertz CT molecular complexity index is 2130. The van der Waals surface area contributed by atoms with Crippen LogP contribution < -0.4 is 9.80 Å². The van der Waals surface area contributed by atoms with Crippen LogP contribution in [-0.2, 0) is 5.41 Å². The molecule has 47 heavy (non-hydrogen) atoms. The molecule has 0 saturated carbocycles. The highest BCUT2D eigenvalue weighted by molar-refractivity contribution is 6.23. The number of fused-ring (bicyclic) bond motifs is 5. The molecule has 2 nitrogen and oxygen atoms in total. The fraction of sp³-hybridized carbons (Fsp3) is 0.289. The zero-order chi connectivity index (χ0) is 31.5. The van der Waals surface area contributed by atoms with Gasteiger partial charge in [0.05, 0.1) is 0 Å². The molecule has 0 radical (unpaired) electrons. The van der Waals surface area contributed by atoms with Crippen molar-refractivity contribution >= 4 is 32.9 Å². The first-order chi connectivity index (χ1) is 23.1. The van der Waals surface area contributed by atoms with Gasteiger partial charge >= 0.3 is 0 Å². The number of benzene rings is 6. The molecule has 0 amide bonds. The van der Waals surface area contributed by atoms with Gasteiger partial charge in [0.2, 0.25) is 0 Å². The Morgan fingerprint density at radius 1 is 0.447 bits per heavy atom. The number of anilines is 2. The molecule has 2 aliphatic heterocycles. The van der Waals surface area contributed by atoms with Crippen LogP contribution in [0, 0.1) is 0 Å². The van der Waals surface area contributed by atoms with Crippen LogP contribution in [-0.4, -0.2) is 26.2 Å². The zero-order valence-electron chi connectivity index (χ0n) is 27.9. The zero-order valence-corrected chi connectivity index (χ0v) is 27.9. The van der Waals surface area contributed by atoms with E-state index in [2.05, 4.69) is 133 Å². The molecule has 3 aliphatic rings. The quantitative estimate of drug-likeness (QED) is 0.183. The Kier molecular flexibility index (Phi) is 6.89. The number of piperidine rings is 2. The highest BCUT2D eigenvalue weighted by Crippen LogP contribution is 2.55. The summed E-state index contributed by atoms with van der Waals surface area (Å²) in [6.45, 7) is 9.42. The summed E-state index contributed by atoms with van der Waals surface area (Å²) in [4.78, 5) is 5.23. The molecule has 0 spiro atoms. The summed E-state index contributed by atoms with van der Waals surface area (Å²) >= 11 is 0. The van der Waals surface area contributed by atoms with Crippen molar-refractivity contribution in [3.8, 4) is 33.4 Å². The Morgan fingerprint density at radius 3 is 1.64 bits per heavy atom. The predicted octanol–water partition coefficient (Wildman–Crippen LogP) is 11.6. The second kappa shape index (κ2) is 11.3. The molecule has 6 aromatic carbocycles. The smallest absolute Gasteiger partial charge is 0.0372 e. The number of rotatable bonds is 4. The molecular weight excluding hydrogens is 569 g/mol. The van der Waals surface area contributed by atoms with Gasteiger partial charge in [-0.2, -0.15) is 0 Å². The largest absolute Gasteiger partial charge is 0.372 e. The van der Waals surface area contributed by atoms with Crippen molar-refractivity contribution in [2.45, 2.75) is 57.8 Å². The highest BCUT2D eigenvalue weighted by Gasteiger charge is 2.38. The van der Waals surface area contributed by atoms with Crippen molar-refractivity contribution in [3.63, 3.8) is 0 Å². The molecular formula is C45H44N2. The standard InChI is InChI=1S/C45H44N2/c1-45(2)41-20-9-8-17-34(41)37-18-14-19-38(44(37)45)43-36-24-22-32(46-25-10-4-11-26-46)29-39(36)42(31-15-6-3-7-16-31)35-23-21-33(30-40(35)43)47-27-12-5-13-28-47/h3,6-9,14-24,29-30H,4-5,10-13,25-28H2,1-2H3. The van der Waals surface area contributed by atoms with Crippen molar-refractivity contribution in [2.75, 3.05) is 36.0 Å². The topological polar surface area (TPSA) is 6.48 Å². The summed E-state index contributed by atoms with van der Waals surface area (Å²) in [5, 5.41) is 5.43. The molecule has 2 saturated heterocycles. The van der Waals surface area contributed by atoms with Gasteiger partial charge in [0.1, 0.15) is 0 Å². The van der Waals surface area contributed by atoms with Crippen molar-refractivity contribution in [1.29, 1.82) is 0 Å². The van der Waals surface area contributed by atoms with Crippen LogP contribution in [0.3, 0.4) is 0 Å². The van der Waals surface area contributed by atoms with Crippen LogP contribution in [0.15, 0.2) is 109 Å². The average molecular weight is 613 g/mol. The van der Waals surface area contributed by atoms with E-state index in [0.29, 0.717) is 0 Å². The van der Waals surface area contributed by atoms with E-state index in [-0.39, 0.29) is 5.41 Å². The molecule has 2 heteroatoms. The summed E-state index contributed by atoms with van der Waals surface area (Å²) in [5.41, 5.74) is 13.7. The lowest BCUT2D eigenvalue weighted by Gasteiger charge is -2.31. The van der Waals surface area contributed by atoms with Crippen LogP contribution in [0.25, 0.3) is 54.9 Å². The Morgan fingerprint density at radius 2 is 0.979 bits per heavy atom. The van der Waals surface area contributed by atoms with Gasteiger partial charge in [-0.1, -0.05) is 98.8 Å². The molecule has 0 bridgehead atoms. The van der Waals surface area contributed by atoms with Gasteiger partial charge < -0.3 is 9.80 Å². The van der Waals surface area contributed by atoms with Crippen LogP contribution in [0.2, 0.25) is 0 Å². The molecule has 0 atom stereocenters. The Labute approximate surface area is 279 Å². The number of nitrogens with zero attached hydrogens (tertiary/aromatic N) is 2. The Hall–Kier alpha value is -4.56. The monoisotopic (exact) mass is 612 g/mol. The van der Waals surface area contributed by atoms with E-state index in [1.165, 1.54) is 116 Å². The maximum absolute atomic E-state index is 2.62. The van der Waals surface area contributed by atoms with E-state index < -0.39 is 0 Å². The van der Waals surface area contributed by atoms with E-state index in [4.69, 9.17) is 0 Å². The van der Waals surface area contributed by atoms with Crippen molar-refractivity contribution in [3.05, 3.63) is 120 Å². The minimum absolute atomic E-state index is 0.0997. The average Bonchev–Trinajstić information content (AvgIpc) is 3.37. The molecule has 0 aromatic heterocycles. The van der Waals surface area contributed by atoms with Gasteiger partial charge in [0.25, 0.3) is 0 Å². The number of hydrogen-bond donors (Lipinski definition) is 0. The van der Waals surface area contributed by atoms with Gasteiger partial charge in [-0.05, 0) is 129 Å². The molecule has 0 N–H and O–H groups in total. The minimum atomic E-state index is -0.0997. The molecule has 2 heterocycles. The highest BCUT2D eigenvalue weighted by atomic mass is 15.1. The van der Waals surface area contributed by atoms with E-state index in [1.807, 2.05) is 0 Å². The third kappa shape index (κ3) is 4.60. The first kappa shape index (κ1) is 28.6. The molecule has 234 valence electrons. The Balaban J connectivity index is 1.40. The van der Waals surface area contributed by atoms with Crippen molar-refractivity contribution < 1.29 is 0 Å². The normalized spacial score (nSPS) is 17.2. The van der Waals surface area contributed by atoms with Crippen LogP contribution in [0.5, 0.6) is 0 Å². The molecule has 2 fully saturated rings. The lowest BCUT2D eigenvalue weighted by atomic mass is 9.76. The van der Waals surface area contributed by atoms with E-state index in [0.717, 1.165) is 26.2 Å². The van der Waals surface area contributed by atoms with Crippen LogP contribution >= 0.6 is 0 Å². The SMILES string of the molecule is CC1(C)c2ccccc2-c2cccc(-c3c4ccc(N5CCCCC5)cc4c(-c4ccccc4)c4ccc(N5CCCCC5)cc34)c21. The fourth-order valence-corrected chi connectivity index (χ4v) is 9.16. The molecule has 6 aromatic rings. The van der Waals surface area contributed by atoms with E-state index >= 15 is 0 Å². The van der Waals surface area contributed by atoms with Crippen LogP contribution in [0.1, 0.15) is 63.5 Å². The third-order valence-electron chi connectivity index (χ3n) is 11.4. The lowest BCUT2D eigenvalue weighted by Crippen LogP contribution is -2.29. The molecule has 9 rings (SSSR count). The van der Waals surface area contributed by atoms with Crippen molar-refractivity contribution in [2.24, 2.45) is 0 Å². The van der Waals surface area contributed by atoms with Gasteiger partial charge in [-0.15, -0.1) is 0 Å². The van der Waals surface area contributed by atoms with E-state index in [1.54, 1.807) is 0 Å². The lowest BCUT2D eigenvalue weighted by molar-refractivity contribution is 0.578. The summed E-state index contributed by atoms with van der Waals surface area (Å²) in [5.74, 6) is 0. The van der Waals surface area contributed by atoms with Crippen molar-refractivity contribution in [1.82, 2.24) is 0 Å². The number of hydrogen-bond acceptors (Lipinski definition) is 2. The summed E-state index contributed by atoms with van der Waals surface area (Å²) < 4.78 is 0. The fourth-order valence-electron chi connectivity index (χ4n) is 9.16. The summed E-state index contributed by atoms with van der Waals surface area (Å²) in [6.07, 6.45) is 7.77. The van der Waals surface area contributed by atoms with Gasteiger partial charge in [0, 0.05) is 43.0 Å². The summed E-state index contributed by atoms with van der Waals surface area (Å²) in [6, 6.07) is 42.0. The first-order valence-electron chi connectivity index (χ1n) is 17.9. The summed E-state index contributed by atoms with van der Waals surface area (Å²) in [7, 11) is 0. The maximum atomic E-state index is 2.62. The third-order valence-corrected chi connectivity index (χ3v) is 11.4. The van der Waals surface area contributed by atoms with Gasteiger partial charge in [0.15, 0.2) is 0 Å². The van der Waals surface area contributed by atoms with E-state index in [9.17, 15) is 0 Å². The minimum Gasteiger partial charge on any atom is -0.372 e. The maximum Gasteiger partial charge on any atom is 0.0372 e. The second-order valence-electron chi connectivity index (χ2n) is 14.6.